The van der Waals surface area contributed by atoms with Crippen LogP contribution in [0.5, 0.6) is 0 Å². The van der Waals surface area contributed by atoms with E-state index in [2.05, 4.69) is 0 Å². The molecule has 1 saturated heterocycles. The van der Waals surface area contributed by atoms with Crippen molar-refractivity contribution in [2.45, 2.75) is 25.8 Å². The second-order valence-electron chi connectivity index (χ2n) is 7.04. The maximum atomic E-state index is 15.8. The van der Waals surface area contributed by atoms with Crippen LogP contribution in [0.25, 0.3) is 10.9 Å². The zero-order valence-electron chi connectivity index (χ0n) is 15.9. The fourth-order valence-electron chi connectivity index (χ4n) is 3.67. The van der Waals surface area contributed by atoms with E-state index in [0.29, 0.717) is 13.1 Å². The largest absolute Gasteiger partial charge is 0.462 e. The summed E-state index contributed by atoms with van der Waals surface area (Å²) in [5.74, 6) is -0.105. The summed E-state index contributed by atoms with van der Waals surface area (Å²) in [4.78, 5) is 37.9. The number of ether oxygens (including phenoxy) is 1. The van der Waals surface area contributed by atoms with Gasteiger partial charge in [0.2, 0.25) is 5.43 Å². The predicted octanol–water partition coefficient (Wildman–Crippen LogP) is 3.11. The Hall–Kier alpha value is -2.62. The molecule has 2 aromatic rings. The Morgan fingerprint density at radius 3 is 2.66 bits per heavy atom. The first-order valence-electron chi connectivity index (χ1n) is 9.49. The molecule has 1 saturated carbocycles. The van der Waals surface area contributed by atoms with Gasteiger partial charge in [-0.1, -0.05) is 0 Å². The number of esters is 1. The summed E-state index contributed by atoms with van der Waals surface area (Å²) in [5, 5.41) is 11.6. The van der Waals surface area contributed by atoms with Crippen LogP contribution in [0, 0.1) is 15.9 Å². The standard InChI is InChI=1S/C19H20FN3O5S/c1-2-28-19(25)13-10-22(11-3-4-11)16-12(18(13)24)9-14(23(26)27)17(15(16)20)21-5-7-29-8-6-21/h9-11H,2-8H2,1H3. The summed E-state index contributed by atoms with van der Waals surface area (Å²) in [6.45, 7) is 2.68. The highest BCUT2D eigenvalue weighted by molar-refractivity contribution is 7.99. The second-order valence-corrected chi connectivity index (χ2v) is 8.27. The number of halogens is 1. The van der Waals surface area contributed by atoms with E-state index in [1.807, 2.05) is 0 Å². The highest BCUT2D eigenvalue weighted by atomic mass is 32.2. The molecule has 29 heavy (non-hydrogen) atoms. The Bertz CT molecular complexity index is 1060. The summed E-state index contributed by atoms with van der Waals surface area (Å²) in [7, 11) is 0. The summed E-state index contributed by atoms with van der Waals surface area (Å²) >= 11 is 1.71. The van der Waals surface area contributed by atoms with Crippen LogP contribution in [0.2, 0.25) is 0 Å². The molecule has 0 amide bonds. The lowest BCUT2D eigenvalue weighted by molar-refractivity contribution is -0.384. The molecule has 1 aliphatic heterocycles. The number of nitro benzene ring substituents is 1. The number of benzene rings is 1. The maximum Gasteiger partial charge on any atom is 0.343 e. The van der Waals surface area contributed by atoms with Crippen molar-refractivity contribution in [3.8, 4) is 0 Å². The van der Waals surface area contributed by atoms with Gasteiger partial charge in [-0.2, -0.15) is 11.8 Å². The molecule has 2 aliphatic rings. The van der Waals surface area contributed by atoms with Gasteiger partial charge in [0.15, 0.2) is 11.5 Å². The quantitative estimate of drug-likeness (QED) is 0.416. The van der Waals surface area contributed by atoms with Crippen molar-refractivity contribution < 1.29 is 18.8 Å². The number of fused-ring (bicyclic) bond motifs is 1. The molecular formula is C19H20FN3O5S. The van der Waals surface area contributed by atoms with E-state index < -0.39 is 27.8 Å². The normalized spacial score (nSPS) is 16.8. The van der Waals surface area contributed by atoms with E-state index in [1.54, 1.807) is 28.2 Å². The molecule has 0 atom stereocenters. The summed E-state index contributed by atoms with van der Waals surface area (Å²) < 4.78 is 22.3. The Labute approximate surface area is 169 Å². The number of anilines is 1. The van der Waals surface area contributed by atoms with Crippen molar-refractivity contribution >= 4 is 40.0 Å². The smallest absolute Gasteiger partial charge is 0.343 e. The van der Waals surface area contributed by atoms with Crippen LogP contribution in [-0.4, -0.2) is 46.7 Å². The monoisotopic (exact) mass is 421 g/mol. The molecule has 0 spiro atoms. The fraction of sp³-hybridized carbons (Fsp3) is 0.474. The third kappa shape index (κ3) is 3.45. The number of carbonyl (C=O) groups excluding carboxylic acids is 1. The number of pyridine rings is 1. The zero-order valence-corrected chi connectivity index (χ0v) is 16.7. The molecule has 2 fully saturated rings. The molecule has 2 heterocycles. The molecule has 4 rings (SSSR count). The molecule has 10 heteroatoms. The first-order chi connectivity index (χ1) is 13.9. The summed E-state index contributed by atoms with van der Waals surface area (Å²) in [6, 6.07) is 1.06. The van der Waals surface area contributed by atoms with Crippen molar-refractivity contribution in [2.24, 2.45) is 0 Å². The Balaban J connectivity index is 2.03. The Kier molecular flexibility index (Phi) is 5.20. The summed E-state index contributed by atoms with van der Waals surface area (Å²) in [5.41, 5.74) is -1.51. The average Bonchev–Trinajstić information content (AvgIpc) is 3.54. The lowest BCUT2D eigenvalue weighted by Crippen LogP contribution is -2.34. The van der Waals surface area contributed by atoms with Gasteiger partial charge in [0.05, 0.1) is 22.4 Å². The van der Waals surface area contributed by atoms with E-state index in [9.17, 15) is 19.7 Å². The number of hydrogen-bond acceptors (Lipinski definition) is 7. The van der Waals surface area contributed by atoms with Crippen LogP contribution in [-0.2, 0) is 4.74 Å². The molecule has 1 aromatic heterocycles. The lowest BCUT2D eigenvalue weighted by atomic mass is 10.1. The van der Waals surface area contributed by atoms with Crippen molar-refractivity contribution in [1.82, 2.24) is 4.57 Å². The highest BCUT2D eigenvalue weighted by Crippen LogP contribution is 2.42. The van der Waals surface area contributed by atoms with Gasteiger partial charge in [0.1, 0.15) is 5.56 Å². The fourth-order valence-corrected chi connectivity index (χ4v) is 4.57. The molecular weight excluding hydrogens is 401 g/mol. The van der Waals surface area contributed by atoms with Crippen molar-refractivity contribution in [1.29, 1.82) is 0 Å². The van der Waals surface area contributed by atoms with Gasteiger partial charge in [0, 0.05) is 42.9 Å². The van der Waals surface area contributed by atoms with Crippen LogP contribution >= 0.6 is 11.8 Å². The van der Waals surface area contributed by atoms with Gasteiger partial charge in [-0.25, -0.2) is 9.18 Å². The van der Waals surface area contributed by atoms with Crippen molar-refractivity contribution in [3.05, 3.63) is 44.0 Å². The van der Waals surface area contributed by atoms with E-state index >= 15 is 4.39 Å². The minimum absolute atomic E-state index is 0.0179. The topological polar surface area (TPSA) is 94.7 Å². The zero-order chi connectivity index (χ0) is 20.7. The third-order valence-corrected chi connectivity index (χ3v) is 6.11. The second kappa shape index (κ2) is 7.66. The average molecular weight is 421 g/mol. The third-order valence-electron chi connectivity index (χ3n) is 5.17. The Morgan fingerprint density at radius 1 is 1.38 bits per heavy atom. The molecule has 0 unspecified atom stereocenters. The molecule has 0 N–H and O–H groups in total. The maximum absolute atomic E-state index is 15.8. The van der Waals surface area contributed by atoms with Crippen LogP contribution in [0.15, 0.2) is 17.1 Å². The van der Waals surface area contributed by atoms with Gasteiger partial charge in [-0.15, -0.1) is 0 Å². The van der Waals surface area contributed by atoms with Crippen LogP contribution in [0.3, 0.4) is 0 Å². The van der Waals surface area contributed by atoms with Crippen LogP contribution < -0.4 is 10.3 Å². The number of hydrogen-bond donors (Lipinski definition) is 0. The number of aromatic nitrogens is 1. The highest BCUT2D eigenvalue weighted by Gasteiger charge is 2.34. The molecule has 0 radical (unpaired) electrons. The summed E-state index contributed by atoms with van der Waals surface area (Å²) in [6.07, 6.45) is 2.91. The number of nitrogens with zero attached hydrogens (tertiary/aromatic N) is 3. The first kappa shape index (κ1) is 19.7. The van der Waals surface area contributed by atoms with Crippen molar-refractivity contribution in [2.75, 3.05) is 36.1 Å². The minimum Gasteiger partial charge on any atom is -0.462 e. The number of nitro groups is 1. The lowest BCUT2D eigenvalue weighted by Gasteiger charge is -2.29. The molecule has 154 valence electrons. The van der Waals surface area contributed by atoms with Gasteiger partial charge in [-0.05, 0) is 19.8 Å². The molecule has 8 nitrogen and oxygen atoms in total. The van der Waals surface area contributed by atoms with Gasteiger partial charge in [0.25, 0.3) is 5.69 Å². The van der Waals surface area contributed by atoms with Crippen molar-refractivity contribution in [3.63, 3.8) is 0 Å². The van der Waals surface area contributed by atoms with E-state index in [4.69, 9.17) is 4.74 Å². The van der Waals surface area contributed by atoms with E-state index in [-0.39, 0.29) is 34.8 Å². The Morgan fingerprint density at radius 2 is 2.07 bits per heavy atom. The van der Waals surface area contributed by atoms with E-state index in [0.717, 1.165) is 30.4 Å². The SMILES string of the molecule is CCOC(=O)c1cn(C2CC2)c2c(F)c(N3CCSCC3)c([N+](=O)[O-])cc2c1=O. The molecule has 1 aliphatic carbocycles. The van der Waals surface area contributed by atoms with Crippen LogP contribution in [0.4, 0.5) is 15.8 Å². The van der Waals surface area contributed by atoms with E-state index in [1.165, 1.54) is 6.20 Å². The molecule has 0 bridgehead atoms. The van der Waals surface area contributed by atoms with Gasteiger partial charge in [-0.3, -0.25) is 14.9 Å². The van der Waals surface area contributed by atoms with Gasteiger partial charge < -0.3 is 14.2 Å². The minimum atomic E-state index is -0.811. The van der Waals surface area contributed by atoms with Crippen LogP contribution in [0.1, 0.15) is 36.2 Å². The number of thioether (sulfide) groups is 1. The first-order valence-corrected chi connectivity index (χ1v) is 10.6. The number of carbonyl (C=O) groups is 1. The van der Waals surface area contributed by atoms with Gasteiger partial charge >= 0.3 is 5.97 Å². The number of rotatable bonds is 5. The molecule has 1 aromatic carbocycles. The predicted molar refractivity (Wildman–Crippen MR) is 109 cm³/mol.